The van der Waals surface area contributed by atoms with Crippen molar-refractivity contribution < 1.29 is 9.16 Å². The van der Waals surface area contributed by atoms with Gasteiger partial charge in [0.05, 0.1) is 6.10 Å². The zero-order valence-corrected chi connectivity index (χ0v) is 10.7. The Kier molecular flexibility index (Phi) is 8.81. The van der Waals surface area contributed by atoms with Crippen LogP contribution in [-0.4, -0.2) is 28.9 Å². The minimum Gasteiger partial charge on any atom is -0.421 e. The van der Waals surface area contributed by atoms with Crippen molar-refractivity contribution in [2.24, 2.45) is 0 Å². The molecule has 0 bridgehead atoms. The number of ether oxygens (including phenoxy) is 1. The highest BCUT2D eigenvalue weighted by Gasteiger charge is 1.99. The van der Waals surface area contributed by atoms with Gasteiger partial charge in [-0.15, -0.1) is 0 Å². The van der Waals surface area contributed by atoms with E-state index < -0.39 is 9.04 Å². The largest absolute Gasteiger partial charge is 0.421 e. The van der Waals surface area contributed by atoms with E-state index in [0.717, 1.165) is 6.61 Å². The third-order valence-electron chi connectivity index (χ3n) is 2.11. The minimum absolute atomic E-state index is 0.417. The Morgan fingerprint density at radius 2 is 1.85 bits per heavy atom. The number of rotatable bonds is 8. The molecule has 2 nitrogen and oxygen atoms in total. The Hall–Kier alpha value is 0.137. The van der Waals surface area contributed by atoms with Crippen LogP contribution in [0.25, 0.3) is 0 Å². The van der Waals surface area contributed by atoms with Gasteiger partial charge in [-0.05, 0) is 32.9 Å². The maximum Gasteiger partial charge on any atom is 0.170 e. The monoisotopic (exact) mass is 204 g/mol. The third kappa shape index (κ3) is 10.1. The second kappa shape index (κ2) is 8.72. The standard InChI is InChI=1S/C10H24O2Si/c1-10(11-2)8-6-5-7-9-12-13(3)4/h10,13H,5-9H2,1-4H3. The minimum atomic E-state index is -0.773. The predicted molar refractivity (Wildman–Crippen MR) is 59.8 cm³/mol. The van der Waals surface area contributed by atoms with Gasteiger partial charge >= 0.3 is 0 Å². The van der Waals surface area contributed by atoms with Crippen molar-refractivity contribution in [2.75, 3.05) is 13.7 Å². The molecule has 0 rings (SSSR count). The van der Waals surface area contributed by atoms with Gasteiger partial charge in [-0.2, -0.15) is 0 Å². The fraction of sp³-hybridized carbons (Fsp3) is 1.00. The summed E-state index contributed by atoms with van der Waals surface area (Å²) in [5.41, 5.74) is 0. The molecule has 0 radical (unpaired) electrons. The van der Waals surface area contributed by atoms with Gasteiger partial charge in [0.15, 0.2) is 9.04 Å². The number of hydrogen-bond donors (Lipinski definition) is 0. The first-order chi connectivity index (χ1) is 6.16. The molecule has 0 N–H and O–H groups in total. The van der Waals surface area contributed by atoms with E-state index in [0.29, 0.717) is 6.10 Å². The molecule has 0 spiro atoms. The average Bonchev–Trinajstić information content (AvgIpc) is 2.10. The Morgan fingerprint density at radius 3 is 2.38 bits per heavy atom. The highest BCUT2D eigenvalue weighted by atomic mass is 28.3. The van der Waals surface area contributed by atoms with Gasteiger partial charge in [0.25, 0.3) is 0 Å². The molecule has 0 fully saturated rings. The molecule has 1 unspecified atom stereocenters. The zero-order valence-electron chi connectivity index (χ0n) is 9.51. The van der Waals surface area contributed by atoms with Gasteiger partial charge in [0.1, 0.15) is 0 Å². The van der Waals surface area contributed by atoms with E-state index in [2.05, 4.69) is 20.0 Å². The molecule has 0 aliphatic carbocycles. The van der Waals surface area contributed by atoms with Crippen LogP contribution in [-0.2, 0) is 9.16 Å². The first-order valence-corrected chi connectivity index (χ1v) is 8.09. The molecule has 3 heteroatoms. The van der Waals surface area contributed by atoms with E-state index in [9.17, 15) is 0 Å². The summed E-state index contributed by atoms with van der Waals surface area (Å²) in [4.78, 5) is 0. The van der Waals surface area contributed by atoms with E-state index in [1.165, 1.54) is 25.7 Å². The van der Waals surface area contributed by atoms with Gasteiger partial charge in [-0.1, -0.05) is 12.8 Å². The molecular formula is C10H24O2Si. The quantitative estimate of drug-likeness (QED) is 0.447. The molecule has 0 saturated carbocycles. The van der Waals surface area contributed by atoms with Crippen LogP contribution in [0.1, 0.15) is 32.6 Å². The van der Waals surface area contributed by atoms with E-state index in [1.54, 1.807) is 7.11 Å². The molecule has 0 heterocycles. The molecule has 0 aromatic carbocycles. The molecule has 0 aliphatic heterocycles. The fourth-order valence-electron chi connectivity index (χ4n) is 1.15. The van der Waals surface area contributed by atoms with E-state index in [1.807, 2.05) is 0 Å². The number of methoxy groups -OCH3 is 1. The van der Waals surface area contributed by atoms with Crippen LogP contribution < -0.4 is 0 Å². The lowest BCUT2D eigenvalue weighted by molar-refractivity contribution is 0.108. The van der Waals surface area contributed by atoms with E-state index in [4.69, 9.17) is 9.16 Å². The van der Waals surface area contributed by atoms with Gasteiger partial charge < -0.3 is 9.16 Å². The fourth-order valence-corrected chi connectivity index (χ4v) is 1.79. The highest BCUT2D eigenvalue weighted by molar-refractivity contribution is 6.48. The Bertz CT molecular complexity index is 107. The summed E-state index contributed by atoms with van der Waals surface area (Å²) in [6.07, 6.45) is 5.34. The van der Waals surface area contributed by atoms with Crippen LogP contribution in [0, 0.1) is 0 Å². The first-order valence-electron chi connectivity index (χ1n) is 5.31. The van der Waals surface area contributed by atoms with E-state index in [-0.39, 0.29) is 0 Å². The Balaban J connectivity index is 2.99. The number of hydrogen-bond acceptors (Lipinski definition) is 2. The molecule has 0 aromatic heterocycles. The smallest absolute Gasteiger partial charge is 0.170 e. The summed E-state index contributed by atoms with van der Waals surface area (Å²) in [6, 6.07) is 0. The summed E-state index contributed by atoms with van der Waals surface area (Å²) < 4.78 is 10.8. The van der Waals surface area contributed by atoms with Crippen LogP contribution in [0.15, 0.2) is 0 Å². The highest BCUT2D eigenvalue weighted by Crippen LogP contribution is 2.05. The Morgan fingerprint density at radius 1 is 1.15 bits per heavy atom. The van der Waals surface area contributed by atoms with Crippen LogP contribution in [0.4, 0.5) is 0 Å². The van der Waals surface area contributed by atoms with Crippen LogP contribution in [0.3, 0.4) is 0 Å². The van der Waals surface area contributed by atoms with Gasteiger partial charge in [0.2, 0.25) is 0 Å². The first kappa shape index (κ1) is 13.1. The molecule has 0 amide bonds. The zero-order chi connectivity index (χ0) is 10.1. The SMILES string of the molecule is COC(C)CCCCCO[SiH](C)C. The van der Waals surface area contributed by atoms with Crippen molar-refractivity contribution in [3.05, 3.63) is 0 Å². The molecule has 13 heavy (non-hydrogen) atoms. The lowest BCUT2D eigenvalue weighted by atomic mass is 10.1. The second-order valence-corrected chi connectivity index (χ2v) is 6.25. The topological polar surface area (TPSA) is 18.5 Å². The van der Waals surface area contributed by atoms with Gasteiger partial charge in [-0.3, -0.25) is 0 Å². The van der Waals surface area contributed by atoms with Gasteiger partial charge in [0, 0.05) is 13.7 Å². The van der Waals surface area contributed by atoms with Crippen molar-refractivity contribution in [2.45, 2.75) is 51.8 Å². The van der Waals surface area contributed by atoms with Crippen molar-refractivity contribution >= 4 is 9.04 Å². The average molecular weight is 204 g/mol. The van der Waals surface area contributed by atoms with Crippen molar-refractivity contribution in [1.82, 2.24) is 0 Å². The van der Waals surface area contributed by atoms with Crippen LogP contribution in [0.5, 0.6) is 0 Å². The van der Waals surface area contributed by atoms with E-state index >= 15 is 0 Å². The summed E-state index contributed by atoms with van der Waals surface area (Å²) in [6.45, 7) is 7.52. The van der Waals surface area contributed by atoms with Crippen molar-refractivity contribution in [3.8, 4) is 0 Å². The summed E-state index contributed by atoms with van der Waals surface area (Å²) in [5.74, 6) is 0. The normalized spacial score (nSPS) is 13.6. The third-order valence-corrected chi connectivity index (χ3v) is 3.01. The summed E-state index contributed by atoms with van der Waals surface area (Å²) in [5, 5.41) is 0. The Labute approximate surface area is 84.4 Å². The second-order valence-electron chi connectivity index (χ2n) is 3.82. The molecule has 1 atom stereocenters. The van der Waals surface area contributed by atoms with Crippen LogP contribution in [0.2, 0.25) is 13.1 Å². The summed E-state index contributed by atoms with van der Waals surface area (Å²) in [7, 11) is 1.00. The maximum absolute atomic E-state index is 5.58. The molecule has 80 valence electrons. The van der Waals surface area contributed by atoms with Gasteiger partial charge in [-0.25, -0.2) is 0 Å². The van der Waals surface area contributed by atoms with Crippen molar-refractivity contribution in [3.63, 3.8) is 0 Å². The molecular weight excluding hydrogens is 180 g/mol. The number of unbranched alkanes of at least 4 members (excludes halogenated alkanes) is 2. The lowest BCUT2D eigenvalue weighted by Gasteiger charge is -2.09. The maximum atomic E-state index is 5.58. The van der Waals surface area contributed by atoms with Crippen molar-refractivity contribution in [1.29, 1.82) is 0 Å². The van der Waals surface area contributed by atoms with Crippen LogP contribution >= 0.6 is 0 Å². The lowest BCUT2D eigenvalue weighted by Crippen LogP contribution is -2.09. The molecule has 0 aromatic rings. The molecule has 0 aliphatic rings. The molecule has 0 saturated heterocycles. The summed E-state index contributed by atoms with van der Waals surface area (Å²) >= 11 is 0. The predicted octanol–water partition coefficient (Wildman–Crippen LogP) is 2.58.